The lowest BCUT2D eigenvalue weighted by molar-refractivity contribution is 0.287. The molecule has 1 fully saturated rings. The van der Waals surface area contributed by atoms with Crippen LogP contribution in [0.3, 0.4) is 0 Å². The standard InChI is InChI=1S/C8H18N2/c1-2-10-6-4-3-5-8(9)7-10/h8H,2-7,9H2,1H3. The molecule has 10 heavy (non-hydrogen) atoms. The van der Waals surface area contributed by atoms with Crippen LogP contribution in [0.1, 0.15) is 26.2 Å². The van der Waals surface area contributed by atoms with E-state index in [-0.39, 0.29) is 0 Å². The van der Waals surface area contributed by atoms with Crippen molar-refractivity contribution in [3.8, 4) is 0 Å². The Kier molecular flexibility index (Phi) is 3.16. The molecular weight excluding hydrogens is 124 g/mol. The SMILES string of the molecule is CCN1CCCCC(N)C1. The summed E-state index contributed by atoms with van der Waals surface area (Å²) in [6.45, 7) is 5.73. The van der Waals surface area contributed by atoms with Crippen molar-refractivity contribution in [2.45, 2.75) is 32.2 Å². The molecule has 1 rings (SSSR count). The Morgan fingerprint density at radius 1 is 1.50 bits per heavy atom. The second-order valence-corrected chi connectivity index (χ2v) is 3.15. The van der Waals surface area contributed by atoms with Crippen molar-refractivity contribution in [1.82, 2.24) is 4.90 Å². The molecule has 1 heterocycles. The van der Waals surface area contributed by atoms with E-state index in [2.05, 4.69) is 11.8 Å². The third kappa shape index (κ3) is 2.27. The Hall–Kier alpha value is -0.0800. The molecule has 0 radical (unpaired) electrons. The summed E-state index contributed by atoms with van der Waals surface area (Å²) in [7, 11) is 0. The van der Waals surface area contributed by atoms with E-state index in [1.54, 1.807) is 0 Å². The Bertz CT molecular complexity index is 93.3. The first kappa shape index (κ1) is 8.02. The fourth-order valence-electron chi connectivity index (χ4n) is 1.54. The van der Waals surface area contributed by atoms with Crippen LogP contribution in [0.5, 0.6) is 0 Å². The molecule has 60 valence electrons. The van der Waals surface area contributed by atoms with Crippen molar-refractivity contribution in [2.24, 2.45) is 5.73 Å². The molecule has 1 aliphatic rings. The lowest BCUT2D eigenvalue weighted by Crippen LogP contribution is -2.35. The summed E-state index contributed by atoms with van der Waals surface area (Å²) in [5.41, 5.74) is 5.86. The number of rotatable bonds is 1. The molecule has 0 bridgehead atoms. The number of nitrogens with zero attached hydrogens (tertiary/aromatic N) is 1. The maximum Gasteiger partial charge on any atom is 0.0167 e. The molecule has 0 aromatic rings. The Morgan fingerprint density at radius 2 is 2.30 bits per heavy atom. The maximum absolute atomic E-state index is 5.86. The van der Waals surface area contributed by atoms with Crippen LogP contribution in [0.2, 0.25) is 0 Å². The Labute approximate surface area is 63.4 Å². The smallest absolute Gasteiger partial charge is 0.0167 e. The van der Waals surface area contributed by atoms with Crippen LogP contribution >= 0.6 is 0 Å². The van der Waals surface area contributed by atoms with Crippen LogP contribution in [0.4, 0.5) is 0 Å². The number of likely N-dealkylation sites (tertiary alicyclic amines) is 1. The largest absolute Gasteiger partial charge is 0.327 e. The normalized spacial score (nSPS) is 30.0. The van der Waals surface area contributed by atoms with Gasteiger partial charge in [0, 0.05) is 12.6 Å². The molecule has 0 aromatic heterocycles. The first-order valence-electron chi connectivity index (χ1n) is 4.31. The third-order valence-corrected chi connectivity index (χ3v) is 2.24. The van der Waals surface area contributed by atoms with E-state index in [4.69, 9.17) is 5.73 Å². The molecule has 0 amide bonds. The molecule has 2 N–H and O–H groups in total. The zero-order chi connectivity index (χ0) is 7.40. The van der Waals surface area contributed by atoms with Crippen LogP contribution in [-0.4, -0.2) is 30.6 Å². The first-order valence-corrected chi connectivity index (χ1v) is 4.31. The molecular formula is C8H18N2. The minimum atomic E-state index is 0.433. The van der Waals surface area contributed by atoms with E-state index in [9.17, 15) is 0 Å². The van der Waals surface area contributed by atoms with Gasteiger partial charge in [-0.05, 0) is 25.9 Å². The highest BCUT2D eigenvalue weighted by Crippen LogP contribution is 2.07. The van der Waals surface area contributed by atoms with Gasteiger partial charge in [-0.25, -0.2) is 0 Å². The van der Waals surface area contributed by atoms with Gasteiger partial charge in [0.2, 0.25) is 0 Å². The highest BCUT2D eigenvalue weighted by atomic mass is 15.1. The molecule has 1 aliphatic heterocycles. The van der Waals surface area contributed by atoms with Crippen molar-refractivity contribution in [3.63, 3.8) is 0 Å². The quantitative estimate of drug-likeness (QED) is 0.587. The minimum Gasteiger partial charge on any atom is -0.327 e. The second kappa shape index (κ2) is 3.94. The van der Waals surface area contributed by atoms with Gasteiger partial charge in [-0.1, -0.05) is 13.3 Å². The van der Waals surface area contributed by atoms with Crippen molar-refractivity contribution in [1.29, 1.82) is 0 Å². The summed E-state index contributed by atoms with van der Waals surface area (Å²) in [4.78, 5) is 2.44. The Balaban J connectivity index is 2.30. The molecule has 2 heteroatoms. The van der Waals surface area contributed by atoms with Gasteiger partial charge in [-0.2, -0.15) is 0 Å². The van der Waals surface area contributed by atoms with E-state index in [0.29, 0.717) is 6.04 Å². The molecule has 2 nitrogen and oxygen atoms in total. The predicted octanol–water partition coefficient (Wildman–Crippen LogP) is 0.820. The van der Waals surface area contributed by atoms with E-state index in [1.165, 1.54) is 25.8 Å². The summed E-state index contributed by atoms with van der Waals surface area (Å²) in [5, 5.41) is 0. The highest BCUT2D eigenvalue weighted by Gasteiger charge is 2.12. The fourth-order valence-corrected chi connectivity index (χ4v) is 1.54. The van der Waals surface area contributed by atoms with Gasteiger partial charge in [-0.15, -0.1) is 0 Å². The number of nitrogens with two attached hydrogens (primary N) is 1. The molecule has 1 unspecified atom stereocenters. The van der Waals surface area contributed by atoms with Crippen LogP contribution in [0.15, 0.2) is 0 Å². The van der Waals surface area contributed by atoms with E-state index in [0.717, 1.165) is 13.1 Å². The molecule has 0 aromatic carbocycles. The lowest BCUT2D eigenvalue weighted by atomic mass is 10.2. The van der Waals surface area contributed by atoms with Crippen LogP contribution in [0.25, 0.3) is 0 Å². The first-order chi connectivity index (χ1) is 4.83. The monoisotopic (exact) mass is 142 g/mol. The summed E-state index contributed by atoms with van der Waals surface area (Å²) in [6.07, 6.45) is 3.87. The second-order valence-electron chi connectivity index (χ2n) is 3.15. The van der Waals surface area contributed by atoms with Gasteiger partial charge >= 0.3 is 0 Å². The number of hydrogen-bond donors (Lipinski definition) is 1. The molecule has 1 saturated heterocycles. The summed E-state index contributed by atoms with van der Waals surface area (Å²) in [6, 6.07) is 0.433. The van der Waals surface area contributed by atoms with Gasteiger partial charge in [-0.3, -0.25) is 0 Å². The van der Waals surface area contributed by atoms with Crippen LogP contribution in [-0.2, 0) is 0 Å². The zero-order valence-corrected chi connectivity index (χ0v) is 6.84. The summed E-state index contributed by atoms with van der Waals surface area (Å²) >= 11 is 0. The summed E-state index contributed by atoms with van der Waals surface area (Å²) < 4.78 is 0. The highest BCUT2D eigenvalue weighted by molar-refractivity contribution is 4.71. The number of hydrogen-bond acceptors (Lipinski definition) is 2. The van der Waals surface area contributed by atoms with Gasteiger partial charge < -0.3 is 10.6 Å². The van der Waals surface area contributed by atoms with Crippen molar-refractivity contribution in [2.75, 3.05) is 19.6 Å². The average molecular weight is 142 g/mol. The van der Waals surface area contributed by atoms with Crippen molar-refractivity contribution >= 4 is 0 Å². The Morgan fingerprint density at radius 3 is 3.00 bits per heavy atom. The van der Waals surface area contributed by atoms with E-state index >= 15 is 0 Å². The van der Waals surface area contributed by atoms with Crippen molar-refractivity contribution in [3.05, 3.63) is 0 Å². The minimum absolute atomic E-state index is 0.433. The average Bonchev–Trinajstić information content (AvgIpc) is 2.13. The lowest BCUT2D eigenvalue weighted by Gasteiger charge is -2.19. The number of likely N-dealkylation sites (N-methyl/N-ethyl adjacent to an activating group) is 1. The fraction of sp³-hybridized carbons (Fsp3) is 1.00. The van der Waals surface area contributed by atoms with Crippen LogP contribution in [0, 0.1) is 0 Å². The molecule has 1 atom stereocenters. The van der Waals surface area contributed by atoms with Gasteiger partial charge in [0.15, 0.2) is 0 Å². The predicted molar refractivity (Wildman–Crippen MR) is 43.9 cm³/mol. The third-order valence-electron chi connectivity index (χ3n) is 2.24. The van der Waals surface area contributed by atoms with E-state index < -0.39 is 0 Å². The topological polar surface area (TPSA) is 29.3 Å². The van der Waals surface area contributed by atoms with Crippen LogP contribution < -0.4 is 5.73 Å². The van der Waals surface area contributed by atoms with E-state index in [1.807, 2.05) is 0 Å². The molecule has 0 saturated carbocycles. The summed E-state index contributed by atoms with van der Waals surface area (Å²) in [5.74, 6) is 0. The van der Waals surface area contributed by atoms with Gasteiger partial charge in [0.05, 0.1) is 0 Å². The maximum atomic E-state index is 5.86. The van der Waals surface area contributed by atoms with Gasteiger partial charge in [0.1, 0.15) is 0 Å². The van der Waals surface area contributed by atoms with Crippen molar-refractivity contribution < 1.29 is 0 Å². The van der Waals surface area contributed by atoms with Gasteiger partial charge in [0.25, 0.3) is 0 Å². The molecule has 0 spiro atoms. The molecule has 0 aliphatic carbocycles. The zero-order valence-electron chi connectivity index (χ0n) is 6.84.